The van der Waals surface area contributed by atoms with Crippen molar-refractivity contribution in [3.8, 4) is 0 Å². The van der Waals surface area contributed by atoms with Crippen molar-refractivity contribution in [3.63, 3.8) is 0 Å². The van der Waals surface area contributed by atoms with Gasteiger partial charge in [0, 0.05) is 19.3 Å². The van der Waals surface area contributed by atoms with Crippen LogP contribution in [0.5, 0.6) is 0 Å². The number of Topliss-reactive ketones (excluding diaryl/α,β-unsaturated/α-hetero) is 1. The van der Waals surface area contributed by atoms with Crippen molar-refractivity contribution >= 4 is 11.8 Å². The van der Waals surface area contributed by atoms with Gasteiger partial charge in [0.15, 0.2) is 0 Å². The Morgan fingerprint density at radius 1 is 1.35 bits per heavy atom. The number of hydrogen-bond donors (Lipinski definition) is 0. The summed E-state index contributed by atoms with van der Waals surface area (Å²) in [4.78, 5) is 22.5. The highest BCUT2D eigenvalue weighted by atomic mass is 16.5. The second kappa shape index (κ2) is 7.46. The molecule has 3 heteroatoms. The van der Waals surface area contributed by atoms with Gasteiger partial charge in [-0.3, -0.25) is 9.59 Å². The van der Waals surface area contributed by atoms with Crippen molar-refractivity contribution in [2.24, 2.45) is 11.8 Å². The van der Waals surface area contributed by atoms with Gasteiger partial charge in [-0.15, -0.1) is 0 Å². The number of esters is 1. The Balaban J connectivity index is 2.30. The van der Waals surface area contributed by atoms with Crippen molar-refractivity contribution in [2.45, 2.75) is 58.8 Å². The molecule has 1 fully saturated rings. The van der Waals surface area contributed by atoms with Crippen LogP contribution in [0, 0.1) is 11.8 Å². The van der Waals surface area contributed by atoms with Gasteiger partial charge in [-0.05, 0) is 25.2 Å². The second-order valence-corrected chi connectivity index (χ2v) is 5.00. The quantitative estimate of drug-likeness (QED) is 0.507. The van der Waals surface area contributed by atoms with Gasteiger partial charge in [0.25, 0.3) is 0 Å². The first-order valence-electron chi connectivity index (χ1n) is 6.81. The molecule has 0 aromatic rings. The molecule has 0 saturated heterocycles. The van der Waals surface area contributed by atoms with E-state index in [0.29, 0.717) is 18.3 Å². The zero-order valence-electron chi connectivity index (χ0n) is 11.0. The topological polar surface area (TPSA) is 43.4 Å². The summed E-state index contributed by atoms with van der Waals surface area (Å²) in [5.41, 5.74) is 0. The summed E-state index contributed by atoms with van der Waals surface area (Å²) in [5.74, 6) is 0.876. The fourth-order valence-corrected chi connectivity index (χ4v) is 2.69. The molecule has 1 aliphatic carbocycles. The molecule has 0 N–H and O–H groups in total. The first kappa shape index (κ1) is 14.2. The fraction of sp³-hybridized carbons (Fsp3) is 0.857. The van der Waals surface area contributed by atoms with E-state index < -0.39 is 0 Å². The Kier molecular flexibility index (Phi) is 6.23. The van der Waals surface area contributed by atoms with Crippen LogP contribution in [0.4, 0.5) is 0 Å². The number of ether oxygens (including phenoxy) is 1. The van der Waals surface area contributed by atoms with Crippen LogP contribution in [0.25, 0.3) is 0 Å². The van der Waals surface area contributed by atoms with Crippen molar-refractivity contribution in [3.05, 3.63) is 0 Å². The van der Waals surface area contributed by atoms with E-state index in [1.165, 1.54) is 19.8 Å². The molecule has 0 spiro atoms. The van der Waals surface area contributed by atoms with Gasteiger partial charge in [0.05, 0.1) is 6.61 Å². The van der Waals surface area contributed by atoms with Crippen molar-refractivity contribution in [1.82, 2.24) is 0 Å². The van der Waals surface area contributed by atoms with E-state index >= 15 is 0 Å². The zero-order chi connectivity index (χ0) is 12.7. The van der Waals surface area contributed by atoms with Gasteiger partial charge < -0.3 is 4.74 Å². The summed E-state index contributed by atoms with van der Waals surface area (Å²) < 4.78 is 4.96. The average Bonchev–Trinajstić information content (AvgIpc) is 2.61. The number of rotatable bonds is 7. The lowest BCUT2D eigenvalue weighted by Gasteiger charge is -2.17. The average molecular weight is 240 g/mol. The monoisotopic (exact) mass is 240 g/mol. The van der Waals surface area contributed by atoms with Crippen molar-refractivity contribution < 1.29 is 14.3 Å². The van der Waals surface area contributed by atoms with Gasteiger partial charge in [-0.25, -0.2) is 0 Å². The van der Waals surface area contributed by atoms with Crippen LogP contribution in [0.15, 0.2) is 0 Å². The molecule has 2 atom stereocenters. The van der Waals surface area contributed by atoms with Gasteiger partial charge in [-0.2, -0.15) is 0 Å². The van der Waals surface area contributed by atoms with Crippen LogP contribution >= 0.6 is 0 Å². The molecular weight excluding hydrogens is 216 g/mol. The minimum absolute atomic E-state index is 0.225. The Morgan fingerprint density at radius 3 is 2.76 bits per heavy atom. The molecule has 0 aromatic heterocycles. The minimum atomic E-state index is -0.225. The molecule has 17 heavy (non-hydrogen) atoms. The molecule has 0 radical (unpaired) electrons. The predicted molar refractivity (Wildman–Crippen MR) is 66.6 cm³/mol. The first-order valence-corrected chi connectivity index (χ1v) is 6.81. The molecule has 1 rings (SSSR count). The summed E-state index contributed by atoms with van der Waals surface area (Å²) in [5, 5.41) is 0. The Bertz CT molecular complexity index is 260. The van der Waals surface area contributed by atoms with E-state index in [1.807, 2.05) is 0 Å². The van der Waals surface area contributed by atoms with E-state index in [-0.39, 0.29) is 11.9 Å². The summed E-state index contributed by atoms with van der Waals surface area (Å²) >= 11 is 0. The molecule has 1 saturated carbocycles. The maximum atomic E-state index is 11.8. The molecule has 1 aliphatic rings. The van der Waals surface area contributed by atoms with E-state index in [9.17, 15) is 9.59 Å². The molecule has 3 nitrogen and oxygen atoms in total. The van der Waals surface area contributed by atoms with Crippen LogP contribution in [-0.4, -0.2) is 18.4 Å². The van der Waals surface area contributed by atoms with E-state index in [2.05, 4.69) is 6.92 Å². The largest absolute Gasteiger partial charge is 0.466 e. The Morgan fingerprint density at radius 2 is 2.12 bits per heavy atom. The van der Waals surface area contributed by atoms with Crippen molar-refractivity contribution in [2.75, 3.05) is 6.61 Å². The first-order chi connectivity index (χ1) is 8.15. The SMILES string of the molecule is CCCCCC1C(=O)CCC1CCOC(C)=O. The van der Waals surface area contributed by atoms with Gasteiger partial charge in [-0.1, -0.05) is 26.2 Å². The Labute approximate surface area is 104 Å². The van der Waals surface area contributed by atoms with E-state index in [0.717, 1.165) is 32.1 Å². The second-order valence-electron chi connectivity index (χ2n) is 5.00. The third-order valence-electron chi connectivity index (χ3n) is 3.66. The third-order valence-corrected chi connectivity index (χ3v) is 3.66. The van der Waals surface area contributed by atoms with Gasteiger partial charge in [0.1, 0.15) is 5.78 Å². The fourth-order valence-electron chi connectivity index (χ4n) is 2.69. The zero-order valence-corrected chi connectivity index (χ0v) is 11.0. The number of unbranched alkanes of at least 4 members (excludes halogenated alkanes) is 2. The molecule has 2 unspecified atom stereocenters. The number of ketones is 1. The van der Waals surface area contributed by atoms with Crippen LogP contribution in [0.3, 0.4) is 0 Å². The van der Waals surface area contributed by atoms with Crippen LogP contribution in [-0.2, 0) is 14.3 Å². The normalized spacial score (nSPS) is 24.0. The molecule has 0 bridgehead atoms. The minimum Gasteiger partial charge on any atom is -0.466 e. The van der Waals surface area contributed by atoms with E-state index in [4.69, 9.17) is 4.74 Å². The van der Waals surface area contributed by atoms with Crippen LogP contribution < -0.4 is 0 Å². The van der Waals surface area contributed by atoms with Crippen LogP contribution in [0.1, 0.15) is 58.8 Å². The lowest BCUT2D eigenvalue weighted by molar-refractivity contribution is -0.141. The van der Waals surface area contributed by atoms with Gasteiger partial charge >= 0.3 is 5.97 Å². The standard InChI is InChI=1S/C14H24O3/c1-3-4-5-6-13-12(7-8-14(13)16)9-10-17-11(2)15/h12-13H,3-10H2,1-2H3. The van der Waals surface area contributed by atoms with E-state index in [1.54, 1.807) is 0 Å². The lowest BCUT2D eigenvalue weighted by atomic mass is 9.88. The van der Waals surface area contributed by atoms with Gasteiger partial charge in [0.2, 0.25) is 0 Å². The number of carbonyl (C=O) groups is 2. The lowest BCUT2D eigenvalue weighted by Crippen LogP contribution is -2.17. The summed E-state index contributed by atoms with van der Waals surface area (Å²) in [6, 6.07) is 0. The molecule has 98 valence electrons. The Hall–Kier alpha value is -0.860. The number of carbonyl (C=O) groups excluding carboxylic acids is 2. The highest BCUT2D eigenvalue weighted by molar-refractivity contribution is 5.83. The molecule has 0 aliphatic heterocycles. The predicted octanol–water partition coefficient (Wildman–Crippen LogP) is 3.12. The molecular formula is C14H24O3. The third kappa shape index (κ3) is 4.88. The maximum absolute atomic E-state index is 11.8. The smallest absolute Gasteiger partial charge is 0.302 e. The summed E-state index contributed by atoms with van der Waals surface area (Å²) in [6.07, 6.45) is 7.13. The molecule has 0 heterocycles. The highest BCUT2D eigenvalue weighted by Gasteiger charge is 2.33. The van der Waals surface area contributed by atoms with Crippen molar-refractivity contribution in [1.29, 1.82) is 0 Å². The maximum Gasteiger partial charge on any atom is 0.302 e. The van der Waals surface area contributed by atoms with Crippen LogP contribution in [0.2, 0.25) is 0 Å². The summed E-state index contributed by atoms with van der Waals surface area (Å²) in [7, 11) is 0. The molecule has 0 aromatic carbocycles. The molecule has 0 amide bonds. The number of hydrogen-bond acceptors (Lipinski definition) is 3. The summed E-state index contributed by atoms with van der Waals surface area (Å²) in [6.45, 7) is 4.07. The highest BCUT2D eigenvalue weighted by Crippen LogP contribution is 2.34.